The van der Waals surface area contributed by atoms with Crippen LogP contribution in [0.15, 0.2) is 6.07 Å². The molecule has 1 N–H and O–H groups in total. The summed E-state index contributed by atoms with van der Waals surface area (Å²) in [5.41, 5.74) is 0. The van der Waals surface area contributed by atoms with Crippen LogP contribution in [0.3, 0.4) is 0 Å². The first-order valence-corrected chi connectivity index (χ1v) is 7.09. The molecule has 1 aromatic heterocycles. The van der Waals surface area contributed by atoms with Gasteiger partial charge in [-0.3, -0.25) is 0 Å². The molecular formula is C14H24N4O. The van der Waals surface area contributed by atoms with Gasteiger partial charge in [0.15, 0.2) is 0 Å². The SMILES string of the molecule is CCNc1cc(OCCCN(C)C)nc(C2CC2)n1. The number of nitrogens with zero attached hydrogens (tertiary/aromatic N) is 3. The lowest BCUT2D eigenvalue weighted by Crippen LogP contribution is -2.16. The van der Waals surface area contributed by atoms with Crippen LogP contribution in [0, 0.1) is 0 Å². The quantitative estimate of drug-likeness (QED) is 0.729. The fraction of sp³-hybridized carbons (Fsp3) is 0.714. The van der Waals surface area contributed by atoms with Gasteiger partial charge in [0.05, 0.1) is 6.61 Å². The Morgan fingerprint density at radius 3 is 2.79 bits per heavy atom. The van der Waals surface area contributed by atoms with Crippen LogP contribution in [0.4, 0.5) is 5.82 Å². The third-order valence-corrected chi connectivity index (χ3v) is 3.02. The second kappa shape index (κ2) is 6.70. The Labute approximate surface area is 115 Å². The standard InChI is InChI=1S/C14H24N4O/c1-4-15-12-10-13(19-9-5-8-18(2)3)17-14(16-12)11-6-7-11/h10-11H,4-9H2,1-3H3,(H,15,16,17). The summed E-state index contributed by atoms with van der Waals surface area (Å²) in [6.07, 6.45) is 3.41. The van der Waals surface area contributed by atoms with Crippen LogP contribution in [0.25, 0.3) is 0 Å². The molecule has 1 aliphatic rings. The third kappa shape index (κ3) is 4.67. The Morgan fingerprint density at radius 1 is 1.37 bits per heavy atom. The van der Waals surface area contributed by atoms with Gasteiger partial charge in [0.1, 0.15) is 11.6 Å². The molecule has 1 saturated carbocycles. The maximum absolute atomic E-state index is 5.74. The Balaban J connectivity index is 1.94. The lowest BCUT2D eigenvalue weighted by atomic mass is 10.4. The fourth-order valence-corrected chi connectivity index (χ4v) is 1.87. The van der Waals surface area contributed by atoms with Gasteiger partial charge < -0.3 is 15.0 Å². The first kappa shape index (κ1) is 14.1. The van der Waals surface area contributed by atoms with E-state index >= 15 is 0 Å². The van der Waals surface area contributed by atoms with Crippen LogP contribution in [0.1, 0.15) is 37.9 Å². The smallest absolute Gasteiger partial charge is 0.218 e. The van der Waals surface area contributed by atoms with Crippen LogP contribution in [-0.2, 0) is 0 Å². The second-order valence-corrected chi connectivity index (χ2v) is 5.26. The van der Waals surface area contributed by atoms with Gasteiger partial charge >= 0.3 is 0 Å². The Bertz CT molecular complexity index is 404. The number of anilines is 1. The van der Waals surface area contributed by atoms with Gasteiger partial charge in [-0.15, -0.1) is 0 Å². The van der Waals surface area contributed by atoms with E-state index in [-0.39, 0.29) is 0 Å². The molecule has 0 amide bonds. The van der Waals surface area contributed by atoms with Gasteiger partial charge in [0.25, 0.3) is 0 Å². The normalized spacial score (nSPS) is 14.7. The monoisotopic (exact) mass is 264 g/mol. The summed E-state index contributed by atoms with van der Waals surface area (Å²) in [6, 6.07) is 1.89. The molecule has 1 aromatic rings. The largest absolute Gasteiger partial charge is 0.477 e. The molecule has 1 heterocycles. The van der Waals surface area contributed by atoms with E-state index in [1.54, 1.807) is 0 Å². The maximum atomic E-state index is 5.74. The number of hydrogen-bond acceptors (Lipinski definition) is 5. The zero-order valence-electron chi connectivity index (χ0n) is 12.1. The molecule has 0 spiro atoms. The van der Waals surface area contributed by atoms with Crippen molar-refractivity contribution >= 4 is 5.82 Å². The number of nitrogens with one attached hydrogen (secondary N) is 1. The lowest BCUT2D eigenvalue weighted by Gasteiger charge is -2.11. The van der Waals surface area contributed by atoms with Crippen molar-refractivity contribution in [3.63, 3.8) is 0 Å². The zero-order valence-corrected chi connectivity index (χ0v) is 12.1. The summed E-state index contributed by atoms with van der Waals surface area (Å²) in [5.74, 6) is 3.05. The average molecular weight is 264 g/mol. The van der Waals surface area contributed by atoms with Crippen molar-refractivity contribution in [3.8, 4) is 5.88 Å². The molecule has 0 aliphatic heterocycles. The first-order valence-electron chi connectivity index (χ1n) is 7.09. The van der Waals surface area contributed by atoms with Gasteiger partial charge in [-0.2, -0.15) is 4.98 Å². The van der Waals surface area contributed by atoms with Crippen molar-refractivity contribution in [1.29, 1.82) is 0 Å². The van der Waals surface area contributed by atoms with E-state index in [9.17, 15) is 0 Å². The maximum Gasteiger partial charge on any atom is 0.218 e. The highest BCUT2D eigenvalue weighted by molar-refractivity contribution is 5.39. The summed E-state index contributed by atoms with van der Waals surface area (Å²) in [4.78, 5) is 11.2. The lowest BCUT2D eigenvalue weighted by molar-refractivity contribution is 0.272. The molecule has 0 aromatic carbocycles. The van der Waals surface area contributed by atoms with Crippen molar-refractivity contribution in [2.24, 2.45) is 0 Å². The van der Waals surface area contributed by atoms with E-state index in [0.29, 0.717) is 18.4 Å². The Hall–Kier alpha value is -1.36. The van der Waals surface area contributed by atoms with E-state index in [2.05, 4.69) is 41.2 Å². The molecule has 1 fully saturated rings. The molecule has 106 valence electrons. The van der Waals surface area contributed by atoms with E-state index in [1.165, 1.54) is 12.8 Å². The summed E-state index contributed by atoms with van der Waals surface area (Å²) in [6.45, 7) is 4.66. The number of aromatic nitrogens is 2. The van der Waals surface area contributed by atoms with Crippen LogP contribution in [0.5, 0.6) is 5.88 Å². The molecule has 0 radical (unpaired) electrons. The van der Waals surface area contributed by atoms with Crippen molar-refractivity contribution < 1.29 is 4.74 Å². The molecule has 1 aliphatic carbocycles. The van der Waals surface area contributed by atoms with Crippen molar-refractivity contribution in [1.82, 2.24) is 14.9 Å². The van der Waals surface area contributed by atoms with Gasteiger partial charge in [-0.25, -0.2) is 4.98 Å². The number of hydrogen-bond donors (Lipinski definition) is 1. The van der Waals surface area contributed by atoms with E-state index in [4.69, 9.17) is 4.74 Å². The Morgan fingerprint density at radius 2 is 2.16 bits per heavy atom. The zero-order chi connectivity index (χ0) is 13.7. The minimum absolute atomic E-state index is 0.544. The summed E-state index contributed by atoms with van der Waals surface area (Å²) in [7, 11) is 4.14. The van der Waals surface area contributed by atoms with Crippen LogP contribution < -0.4 is 10.1 Å². The van der Waals surface area contributed by atoms with Gasteiger partial charge in [-0.1, -0.05) is 0 Å². The molecule has 19 heavy (non-hydrogen) atoms. The molecule has 0 unspecified atom stereocenters. The molecule has 5 heteroatoms. The summed E-state index contributed by atoms with van der Waals surface area (Å²) >= 11 is 0. The molecule has 0 saturated heterocycles. The third-order valence-electron chi connectivity index (χ3n) is 3.02. The van der Waals surface area contributed by atoms with Crippen molar-refractivity contribution in [2.75, 3.05) is 39.1 Å². The molecule has 0 atom stereocenters. The Kier molecular flexibility index (Phi) is 4.96. The second-order valence-electron chi connectivity index (χ2n) is 5.26. The van der Waals surface area contributed by atoms with Gasteiger partial charge in [-0.05, 0) is 40.3 Å². The first-order chi connectivity index (χ1) is 9.19. The molecule has 0 bridgehead atoms. The predicted octanol–water partition coefficient (Wildman–Crippen LogP) is 2.12. The molecule has 2 rings (SSSR count). The predicted molar refractivity (Wildman–Crippen MR) is 76.8 cm³/mol. The van der Waals surface area contributed by atoms with Crippen LogP contribution >= 0.6 is 0 Å². The highest BCUT2D eigenvalue weighted by atomic mass is 16.5. The van der Waals surface area contributed by atoms with Crippen LogP contribution in [0.2, 0.25) is 0 Å². The molecular weight excluding hydrogens is 240 g/mol. The number of ether oxygens (including phenoxy) is 1. The highest BCUT2D eigenvalue weighted by Gasteiger charge is 2.27. The minimum Gasteiger partial charge on any atom is -0.477 e. The van der Waals surface area contributed by atoms with Crippen molar-refractivity contribution in [3.05, 3.63) is 11.9 Å². The number of rotatable bonds is 8. The molecule has 5 nitrogen and oxygen atoms in total. The average Bonchev–Trinajstić information content (AvgIpc) is 3.19. The van der Waals surface area contributed by atoms with Gasteiger partial charge in [0, 0.05) is 25.1 Å². The minimum atomic E-state index is 0.544. The fourth-order valence-electron chi connectivity index (χ4n) is 1.87. The van der Waals surface area contributed by atoms with Crippen LogP contribution in [-0.4, -0.2) is 48.7 Å². The van der Waals surface area contributed by atoms with Crippen molar-refractivity contribution in [2.45, 2.75) is 32.1 Å². The van der Waals surface area contributed by atoms with E-state index in [0.717, 1.165) is 31.2 Å². The topological polar surface area (TPSA) is 50.3 Å². The summed E-state index contributed by atoms with van der Waals surface area (Å²) in [5, 5.41) is 3.24. The van der Waals surface area contributed by atoms with E-state index < -0.39 is 0 Å². The highest BCUT2D eigenvalue weighted by Crippen LogP contribution is 2.39. The summed E-state index contributed by atoms with van der Waals surface area (Å²) < 4.78 is 5.74. The van der Waals surface area contributed by atoms with Gasteiger partial charge in [0.2, 0.25) is 5.88 Å². The van der Waals surface area contributed by atoms with E-state index in [1.807, 2.05) is 6.07 Å².